The predicted molar refractivity (Wildman–Crippen MR) is 107 cm³/mol. The van der Waals surface area contributed by atoms with E-state index in [0.717, 1.165) is 11.1 Å². The van der Waals surface area contributed by atoms with Crippen LogP contribution in [0.5, 0.6) is 11.5 Å². The van der Waals surface area contributed by atoms with Gasteiger partial charge < -0.3 is 5.11 Å². The maximum Gasteiger partial charge on any atom is 0.352 e. The van der Waals surface area contributed by atoms with Crippen LogP contribution < -0.4 is 4.89 Å². The van der Waals surface area contributed by atoms with Crippen molar-refractivity contribution in [3.05, 3.63) is 52.6 Å². The van der Waals surface area contributed by atoms with Gasteiger partial charge in [0, 0.05) is 25.6 Å². The number of benzene rings is 2. The van der Waals surface area contributed by atoms with Crippen LogP contribution in [0.3, 0.4) is 0 Å². The van der Waals surface area contributed by atoms with Gasteiger partial charge in [0.2, 0.25) is 10.0 Å². The van der Waals surface area contributed by atoms with E-state index >= 15 is 0 Å². The Hall–Kier alpha value is -2.58. The molecule has 0 bridgehead atoms. The fourth-order valence-corrected chi connectivity index (χ4v) is 5.63. The second-order valence-corrected chi connectivity index (χ2v) is 9.17. The van der Waals surface area contributed by atoms with Crippen LogP contribution >= 0.6 is 0 Å². The Balaban J connectivity index is 1.99. The quantitative estimate of drug-likeness (QED) is 0.590. The number of sulfonamides is 1. The van der Waals surface area contributed by atoms with Crippen molar-refractivity contribution in [2.45, 2.75) is 51.5 Å². The maximum absolute atomic E-state index is 13.5. The zero-order valence-corrected chi connectivity index (χ0v) is 17.7. The first-order chi connectivity index (χ1) is 13.6. The van der Waals surface area contributed by atoms with Gasteiger partial charge in [-0.3, -0.25) is 9.78 Å². The van der Waals surface area contributed by atoms with Gasteiger partial charge >= 0.3 is 5.97 Å². The second kappa shape index (κ2) is 8.04. The lowest BCUT2D eigenvalue weighted by Gasteiger charge is -2.33. The topological polar surface area (TPSA) is 93.1 Å². The molecule has 8 heteroatoms. The Morgan fingerprint density at radius 2 is 2.00 bits per heavy atom. The third-order valence-electron chi connectivity index (χ3n) is 5.21. The first-order valence-electron chi connectivity index (χ1n) is 9.44. The molecule has 0 fully saturated rings. The fraction of sp³-hybridized carbons (Fsp3) is 0.381. The van der Waals surface area contributed by atoms with Crippen molar-refractivity contribution in [1.29, 1.82) is 0 Å². The minimum absolute atomic E-state index is 0.00636. The van der Waals surface area contributed by atoms with Crippen molar-refractivity contribution in [3.63, 3.8) is 0 Å². The van der Waals surface area contributed by atoms with E-state index in [4.69, 9.17) is 4.89 Å². The van der Waals surface area contributed by atoms with Gasteiger partial charge in [0.15, 0.2) is 5.75 Å². The van der Waals surface area contributed by atoms with Crippen molar-refractivity contribution < 1.29 is 28.1 Å². The molecule has 0 radical (unpaired) electrons. The third kappa shape index (κ3) is 4.09. The molecule has 0 amide bonds. The van der Waals surface area contributed by atoms with E-state index in [1.807, 2.05) is 19.9 Å². The highest BCUT2D eigenvalue weighted by atomic mass is 32.2. The highest BCUT2D eigenvalue weighted by molar-refractivity contribution is 7.89. The van der Waals surface area contributed by atoms with Crippen LogP contribution in [0.2, 0.25) is 0 Å². The Morgan fingerprint density at radius 1 is 1.28 bits per heavy atom. The Labute approximate surface area is 170 Å². The summed E-state index contributed by atoms with van der Waals surface area (Å²) in [7, 11) is -3.78. The number of fused-ring (bicyclic) bond motifs is 1. The Bertz CT molecular complexity index is 1050. The number of hydrogen-bond acceptors (Lipinski definition) is 6. The van der Waals surface area contributed by atoms with Gasteiger partial charge in [0.1, 0.15) is 5.75 Å². The van der Waals surface area contributed by atoms with Crippen LogP contribution in [-0.4, -0.2) is 30.3 Å². The number of carbonyl (C=O) groups excluding carboxylic acids is 1. The van der Waals surface area contributed by atoms with Gasteiger partial charge in [-0.15, -0.1) is 0 Å². The molecular formula is C21H25NO6S. The Kier molecular flexibility index (Phi) is 5.86. The smallest absolute Gasteiger partial charge is 0.352 e. The van der Waals surface area contributed by atoms with Crippen molar-refractivity contribution in [3.8, 4) is 11.5 Å². The molecular weight excluding hydrogens is 394 g/mol. The molecule has 1 unspecified atom stereocenters. The first kappa shape index (κ1) is 21.1. The number of aromatic hydroxyl groups is 1. The zero-order chi connectivity index (χ0) is 21.3. The molecule has 3 rings (SSSR count). The third-order valence-corrected chi connectivity index (χ3v) is 7.10. The molecule has 1 atom stereocenters. The van der Waals surface area contributed by atoms with Crippen molar-refractivity contribution in [2.24, 2.45) is 0 Å². The van der Waals surface area contributed by atoms with E-state index in [2.05, 4.69) is 4.89 Å². The molecule has 1 aliphatic rings. The lowest BCUT2D eigenvalue weighted by Crippen LogP contribution is -2.38. The molecule has 29 heavy (non-hydrogen) atoms. The largest absolute Gasteiger partial charge is 0.508 e. The SMILES string of the molecule is CCc1c(S(=O)(=O)N2Cc3cc(O)ccc3C(C)C2)ccc(OOC(C)=O)c1C. The predicted octanol–water partition coefficient (Wildman–Crippen LogP) is 3.43. The van der Waals surface area contributed by atoms with Gasteiger partial charge in [-0.25, -0.2) is 13.2 Å². The van der Waals surface area contributed by atoms with Gasteiger partial charge in [-0.1, -0.05) is 19.9 Å². The lowest BCUT2D eigenvalue weighted by atomic mass is 9.92. The molecule has 1 aliphatic heterocycles. The van der Waals surface area contributed by atoms with Crippen LogP contribution in [0.15, 0.2) is 35.2 Å². The van der Waals surface area contributed by atoms with Crippen LogP contribution in [0, 0.1) is 6.92 Å². The number of nitrogens with zero attached hydrogens (tertiary/aromatic N) is 1. The van der Waals surface area contributed by atoms with Gasteiger partial charge in [-0.05, 0) is 60.2 Å². The summed E-state index contributed by atoms with van der Waals surface area (Å²) in [6.45, 7) is 7.35. The number of carbonyl (C=O) groups is 1. The summed E-state index contributed by atoms with van der Waals surface area (Å²) in [5, 5.41) is 9.80. The van der Waals surface area contributed by atoms with E-state index in [0.29, 0.717) is 29.8 Å². The minimum Gasteiger partial charge on any atom is -0.508 e. The molecule has 2 aromatic rings. The van der Waals surface area contributed by atoms with E-state index in [1.165, 1.54) is 23.4 Å². The average Bonchev–Trinajstić information content (AvgIpc) is 2.66. The normalized spacial score (nSPS) is 16.9. The van der Waals surface area contributed by atoms with Gasteiger partial charge in [0.05, 0.1) is 4.90 Å². The molecule has 1 heterocycles. The molecule has 156 valence electrons. The molecule has 0 saturated heterocycles. The van der Waals surface area contributed by atoms with E-state index in [9.17, 15) is 18.3 Å². The summed E-state index contributed by atoms with van der Waals surface area (Å²) >= 11 is 0. The lowest BCUT2D eigenvalue weighted by molar-refractivity contribution is -0.211. The van der Waals surface area contributed by atoms with E-state index in [1.54, 1.807) is 19.1 Å². The van der Waals surface area contributed by atoms with Crippen LogP contribution in [0.25, 0.3) is 0 Å². The van der Waals surface area contributed by atoms with Crippen molar-refractivity contribution in [1.82, 2.24) is 4.31 Å². The Morgan fingerprint density at radius 3 is 2.66 bits per heavy atom. The first-order valence-corrected chi connectivity index (χ1v) is 10.9. The summed E-state index contributed by atoms with van der Waals surface area (Å²) in [5.41, 5.74) is 3.07. The monoisotopic (exact) mass is 419 g/mol. The highest BCUT2D eigenvalue weighted by Gasteiger charge is 2.33. The molecule has 0 saturated carbocycles. The summed E-state index contributed by atoms with van der Waals surface area (Å²) in [5.74, 6) is -0.166. The maximum atomic E-state index is 13.5. The molecule has 2 aromatic carbocycles. The highest BCUT2D eigenvalue weighted by Crippen LogP contribution is 2.36. The van der Waals surface area contributed by atoms with E-state index in [-0.39, 0.29) is 23.1 Å². The molecule has 7 nitrogen and oxygen atoms in total. The van der Waals surface area contributed by atoms with Crippen molar-refractivity contribution in [2.75, 3.05) is 6.54 Å². The number of rotatable bonds is 5. The summed E-state index contributed by atoms with van der Waals surface area (Å²) in [6.07, 6.45) is 0.471. The van der Waals surface area contributed by atoms with Gasteiger partial charge in [0.25, 0.3) is 0 Å². The van der Waals surface area contributed by atoms with E-state index < -0.39 is 16.0 Å². The number of hydrogen-bond donors (Lipinski definition) is 1. The molecule has 0 aromatic heterocycles. The molecule has 1 N–H and O–H groups in total. The average molecular weight is 419 g/mol. The second-order valence-electron chi connectivity index (χ2n) is 7.26. The minimum atomic E-state index is -3.78. The van der Waals surface area contributed by atoms with Crippen LogP contribution in [0.4, 0.5) is 0 Å². The zero-order valence-electron chi connectivity index (χ0n) is 16.9. The molecule has 0 aliphatic carbocycles. The molecule has 0 spiro atoms. The van der Waals surface area contributed by atoms with Crippen molar-refractivity contribution >= 4 is 16.0 Å². The van der Waals surface area contributed by atoms with Gasteiger partial charge in [-0.2, -0.15) is 4.31 Å². The summed E-state index contributed by atoms with van der Waals surface area (Å²) in [4.78, 5) is 20.9. The standard InChI is InChI=1S/C21H25NO6S/c1-5-18-14(3)20(28-27-15(4)23)8-9-21(18)29(25,26)22-11-13(2)19-7-6-17(24)10-16(19)12-22/h6-10,13,24H,5,11-12H2,1-4H3. The van der Waals surface area contributed by atoms with Crippen LogP contribution in [-0.2, 0) is 32.7 Å². The number of phenolic OH excluding ortho intramolecular Hbond substituents is 1. The van der Waals surface area contributed by atoms with Crippen LogP contribution in [0.1, 0.15) is 48.9 Å². The summed E-state index contributed by atoms with van der Waals surface area (Å²) in [6, 6.07) is 8.08. The summed E-state index contributed by atoms with van der Waals surface area (Å²) < 4.78 is 28.4. The fourth-order valence-electron chi connectivity index (χ4n) is 3.78. The number of phenols is 1.